The number of nitrogens with zero attached hydrogens (tertiary/aromatic N) is 2. The maximum Gasteiger partial charge on any atom is 0.251 e. The van der Waals surface area contributed by atoms with Crippen molar-refractivity contribution in [3.05, 3.63) is 29.5 Å². The van der Waals surface area contributed by atoms with Gasteiger partial charge in [-0.3, -0.25) is 4.79 Å². The van der Waals surface area contributed by atoms with E-state index in [1.165, 1.54) is 37.5 Å². The summed E-state index contributed by atoms with van der Waals surface area (Å²) in [7, 11) is 0. The largest absolute Gasteiger partial charge is 0.348 e. The summed E-state index contributed by atoms with van der Waals surface area (Å²) in [4.78, 5) is 15.0. The summed E-state index contributed by atoms with van der Waals surface area (Å²) in [5, 5.41) is 4.34. The second-order valence-electron chi connectivity index (χ2n) is 6.20. The van der Waals surface area contributed by atoms with Gasteiger partial charge in [-0.05, 0) is 68.5 Å². The van der Waals surface area contributed by atoms with Gasteiger partial charge in [0, 0.05) is 23.5 Å². The summed E-state index contributed by atoms with van der Waals surface area (Å²) in [5.41, 5.74) is 1.76. The first-order chi connectivity index (χ1) is 10.2. The molecule has 5 heteroatoms. The number of fused-ring (bicyclic) bond motifs is 4. The first-order valence-corrected chi connectivity index (χ1v) is 8.37. The van der Waals surface area contributed by atoms with E-state index < -0.39 is 0 Å². The number of aryl methyl sites for hydroxylation is 1. The van der Waals surface area contributed by atoms with Crippen LogP contribution < -0.4 is 5.32 Å². The molecule has 2 aromatic rings. The van der Waals surface area contributed by atoms with Crippen molar-refractivity contribution >= 4 is 27.5 Å². The van der Waals surface area contributed by atoms with Crippen LogP contribution in [-0.4, -0.2) is 40.9 Å². The van der Waals surface area contributed by atoms with Gasteiger partial charge in [-0.25, -0.2) is 0 Å². The summed E-state index contributed by atoms with van der Waals surface area (Å²) >= 11 is 1.49. The summed E-state index contributed by atoms with van der Waals surface area (Å²) in [5.74, 6) is 0.716. The zero-order valence-corrected chi connectivity index (χ0v) is 12.9. The lowest BCUT2D eigenvalue weighted by atomic mass is 9.84. The predicted molar refractivity (Wildman–Crippen MR) is 84.8 cm³/mol. The Balaban J connectivity index is 1.54. The minimum absolute atomic E-state index is 0.0567. The number of hydrogen-bond donors (Lipinski definition) is 1. The van der Waals surface area contributed by atoms with Crippen molar-refractivity contribution in [2.24, 2.45) is 5.92 Å². The molecule has 4 nitrogen and oxygen atoms in total. The summed E-state index contributed by atoms with van der Waals surface area (Å²) in [6, 6.07) is 6.21. The van der Waals surface area contributed by atoms with Crippen molar-refractivity contribution in [1.29, 1.82) is 0 Å². The molecule has 0 aliphatic carbocycles. The van der Waals surface area contributed by atoms with Crippen molar-refractivity contribution in [2.75, 3.05) is 19.6 Å². The third kappa shape index (κ3) is 2.34. The summed E-state index contributed by atoms with van der Waals surface area (Å²) < 4.78 is 5.49. The van der Waals surface area contributed by atoms with Crippen LogP contribution in [0.25, 0.3) is 10.1 Å². The van der Waals surface area contributed by atoms with Crippen molar-refractivity contribution in [3.8, 4) is 0 Å². The van der Waals surface area contributed by atoms with Gasteiger partial charge in [-0.1, -0.05) is 0 Å². The van der Waals surface area contributed by atoms with E-state index in [1.54, 1.807) is 0 Å². The number of carbonyl (C=O) groups is 1. The lowest BCUT2D eigenvalue weighted by molar-refractivity contribution is 0.0620. The quantitative estimate of drug-likeness (QED) is 0.926. The number of carbonyl (C=O) groups excluding carboxylic acids is 1. The molecular formula is C16H19N3OS. The molecule has 1 N–H and O–H groups in total. The van der Waals surface area contributed by atoms with Crippen LogP contribution in [-0.2, 0) is 0 Å². The topological polar surface area (TPSA) is 45.2 Å². The first-order valence-electron chi connectivity index (χ1n) is 7.60. The van der Waals surface area contributed by atoms with Gasteiger partial charge in [-0.15, -0.1) is 0 Å². The summed E-state index contributed by atoms with van der Waals surface area (Å²) in [6.45, 7) is 5.40. The van der Waals surface area contributed by atoms with Crippen LogP contribution in [0.15, 0.2) is 18.2 Å². The average Bonchev–Trinajstić information content (AvgIpc) is 2.89. The van der Waals surface area contributed by atoms with Gasteiger partial charge in [0.15, 0.2) is 0 Å². The Morgan fingerprint density at radius 1 is 1.38 bits per heavy atom. The molecule has 5 rings (SSSR count). The lowest BCUT2D eigenvalue weighted by Crippen LogP contribution is -2.57. The molecular weight excluding hydrogens is 282 g/mol. The molecule has 110 valence electrons. The normalized spacial score (nSPS) is 28.0. The van der Waals surface area contributed by atoms with Gasteiger partial charge in [0.25, 0.3) is 5.91 Å². The van der Waals surface area contributed by atoms with E-state index in [9.17, 15) is 4.79 Å². The standard InChI is InChI=1S/C16H19N3OS/c1-10-13-8-12(2-3-15(13)21-18-10)16(20)17-14-9-19-6-4-11(14)5-7-19/h2-3,8,11,14H,4-7,9H2,1H3,(H,17,20)/t14-/m0/s1. The van der Waals surface area contributed by atoms with Crippen molar-refractivity contribution in [3.63, 3.8) is 0 Å². The van der Waals surface area contributed by atoms with E-state index in [0.29, 0.717) is 12.0 Å². The van der Waals surface area contributed by atoms with E-state index in [4.69, 9.17) is 0 Å². The maximum atomic E-state index is 12.5. The van der Waals surface area contributed by atoms with E-state index in [1.807, 2.05) is 25.1 Å². The van der Waals surface area contributed by atoms with Crippen LogP contribution >= 0.6 is 11.5 Å². The molecule has 1 amide bonds. The third-order valence-corrected chi connectivity index (χ3v) is 5.80. The molecule has 3 aliphatic rings. The van der Waals surface area contributed by atoms with Gasteiger partial charge in [0.2, 0.25) is 0 Å². The van der Waals surface area contributed by atoms with Crippen LogP contribution in [0.1, 0.15) is 28.9 Å². The maximum absolute atomic E-state index is 12.5. The molecule has 3 aliphatic heterocycles. The highest BCUT2D eigenvalue weighted by Gasteiger charge is 2.34. The van der Waals surface area contributed by atoms with Crippen molar-refractivity contribution in [1.82, 2.24) is 14.6 Å². The molecule has 0 radical (unpaired) electrons. The van der Waals surface area contributed by atoms with E-state index in [-0.39, 0.29) is 5.91 Å². The van der Waals surface area contributed by atoms with E-state index >= 15 is 0 Å². The molecule has 3 fully saturated rings. The molecule has 1 aromatic carbocycles. The lowest BCUT2D eigenvalue weighted by Gasteiger charge is -2.44. The molecule has 0 saturated carbocycles. The molecule has 1 aromatic heterocycles. The van der Waals surface area contributed by atoms with E-state index in [0.717, 1.165) is 27.9 Å². The minimum Gasteiger partial charge on any atom is -0.348 e. The zero-order valence-electron chi connectivity index (χ0n) is 12.1. The predicted octanol–water partition coefficient (Wildman–Crippen LogP) is 2.43. The zero-order chi connectivity index (χ0) is 14.4. The Hall–Kier alpha value is -1.46. The number of nitrogens with one attached hydrogen (secondary N) is 1. The minimum atomic E-state index is 0.0567. The molecule has 0 unspecified atom stereocenters. The van der Waals surface area contributed by atoms with Crippen molar-refractivity contribution in [2.45, 2.75) is 25.8 Å². The van der Waals surface area contributed by atoms with Crippen LogP contribution in [0.2, 0.25) is 0 Å². The fourth-order valence-corrected chi connectivity index (χ4v) is 4.35. The van der Waals surface area contributed by atoms with Crippen LogP contribution in [0.3, 0.4) is 0 Å². The average molecular weight is 301 g/mol. The number of piperidine rings is 3. The second kappa shape index (κ2) is 5.07. The number of aromatic nitrogens is 1. The SMILES string of the molecule is Cc1nsc2ccc(C(=O)N[C@H]3CN4CCC3CC4)cc12. The molecule has 21 heavy (non-hydrogen) atoms. The Bertz CT molecular complexity index is 688. The Morgan fingerprint density at radius 2 is 2.19 bits per heavy atom. The smallest absolute Gasteiger partial charge is 0.251 e. The highest BCUT2D eigenvalue weighted by atomic mass is 32.1. The second-order valence-corrected chi connectivity index (χ2v) is 7.00. The Labute approximate surface area is 128 Å². The van der Waals surface area contributed by atoms with Crippen LogP contribution in [0.5, 0.6) is 0 Å². The fourth-order valence-electron chi connectivity index (χ4n) is 3.58. The number of rotatable bonds is 2. The highest BCUT2D eigenvalue weighted by Crippen LogP contribution is 2.28. The van der Waals surface area contributed by atoms with Gasteiger partial charge >= 0.3 is 0 Å². The fraction of sp³-hybridized carbons (Fsp3) is 0.500. The van der Waals surface area contributed by atoms with Gasteiger partial charge in [0.1, 0.15) is 0 Å². The van der Waals surface area contributed by atoms with Gasteiger partial charge in [0.05, 0.1) is 10.4 Å². The molecule has 4 heterocycles. The number of benzene rings is 1. The Kier molecular flexibility index (Phi) is 3.19. The van der Waals surface area contributed by atoms with Gasteiger partial charge < -0.3 is 10.2 Å². The number of hydrogen-bond acceptors (Lipinski definition) is 4. The van der Waals surface area contributed by atoms with Gasteiger partial charge in [-0.2, -0.15) is 4.37 Å². The summed E-state index contributed by atoms with van der Waals surface area (Å²) in [6.07, 6.45) is 2.44. The van der Waals surface area contributed by atoms with Crippen LogP contribution in [0, 0.1) is 12.8 Å². The first kappa shape index (κ1) is 13.2. The highest BCUT2D eigenvalue weighted by molar-refractivity contribution is 7.13. The van der Waals surface area contributed by atoms with Crippen LogP contribution in [0.4, 0.5) is 0 Å². The Morgan fingerprint density at radius 3 is 2.90 bits per heavy atom. The molecule has 3 saturated heterocycles. The molecule has 2 bridgehead atoms. The molecule has 1 atom stereocenters. The number of amides is 1. The molecule has 0 spiro atoms. The third-order valence-electron chi connectivity index (χ3n) is 4.89. The van der Waals surface area contributed by atoms with E-state index in [2.05, 4.69) is 14.6 Å². The monoisotopic (exact) mass is 301 g/mol. The van der Waals surface area contributed by atoms with Crippen molar-refractivity contribution < 1.29 is 4.79 Å².